The summed E-state index contributed by atoms with van der Waals surface area (Å²) in [7, 11) is 0. The van der Waals surface area contributed by atoms with Crippen LogP contribution in [0.3, 0.4) is 0 Å². The molecule has 9 aromatic rings. The summed E-state index contributed by atoms with van der Waals surface area (Å²) in [6.07, 6.45) is 0. The zero-order valence-electron chi connectivity index (χ0n) is 35.5. The maximum atomic E-state index is 8.96. The maximum absolute atomic E-state index is 8.96. The molecule has 0 saturated carbocycles. The van der Waals surface area contributed by atoms with E-state index in [2.05, 4.69) is 9.97 Å². The number of furan rings is 1. The summed E-state index contributed by atoms with van der Waals surface area (Å²) in [6, 6.07) is 12.5. The molecule has 9 rings (SSSR count). The SMILES string of the molecule is [2H]c1c([2H])c([2H])c(-c2nc(-c3ccc4c(c3)oc3cccc(-c5ccccc5)c34)nc(-n3c4c([2H])c([2H])c([2H])c([2H])c4c4c([2H])c([2H])c([2H])c([2H])c43)n2)c([2H])c1[2H]. The van der Waals surface area contributed by atoms with Gasteiger partial charge in [-0.1, -0.05) is 115 Å². The Balaban J connectivity index is 1.41. The van der Waals surface area contributed by atoms with Crippen molar-refractivity contribution in [3.8, 4) is 39.9 Å². The van der Waals surface area contributed by atoms with E-state index in [0.717, 1.165) is 26.5 Å². The molecule has 206 valence electrons. The van der Waals surface area contributed by atoms with E-state index in [1.807, 2.05) is 54.6 Å². The minimum absolute atomic E-state index is 0.107. The molecule has 5 nitrogen and oxygen atoms in total. The number of hydrogen-bond donors (Lipinski definition) is 0. The molecule has 0 unspecified atom stereocenters. The summed E-state index contributed by atoms with van der Waals surface area (Å²) in [5.41, 5.74) is 2.35. The van der Waals surface area contributed by atoms with Crippen molar-refractivity contribution in [2.45, 2.75) is 0 Å². The third-order valence-electron chi connectivity index (χ3n) is 7.42. The average Bonchev–Trinajstić information content (AvgIpc) is 3.79. The summed E-state index contributed by atoms with van der Waals surface area (Å²) in [4.78, 5) is 13.8. The second kappa shape index (κ2) is 9.75. The van der Waals surface area contributed by atoms with Crippen molar-refractivity contribution in [1.29, 1.82) is 0 Å². The lowest BCUT2D eigenvalue weighted by molar-refractivity contribution is 0.669. The van der Waals surface area contributed by atoms with Crippen LogP contribution in [-0.4, -0.2) is 19.5 Å². The van der Waals surface area contributed by atoms with Crippen molar-refractivity contribution >= 4 is 43.7 Å². The molecule has 0 aliphatic carbocycles. The minimum Gasteiger partial charge on any atom is -0.456 e. The molecule has 0 radical (unpaired) electrons. The molecule has 0 saturated heterocycles. The highest BCUT2D eigenvalue weighted by atomic mass is 16.3. The number of fused-ring (bicyclic) bond motifs is 6. The fraction of sp³-hybridized carbons (Fsp3) is 0. The van der Waals surface area contributed by atoms with Gasteiger partial charge in [-0.15, -0.1) is 0 Å². The topological polar surface area (TPSA) is 56.7 Å². The van der Waals surface area contributed by atoms with Crippen molar-refractivity contribution in [1.82, 2.24) is 19.5 Å². The lowest BCUT2D eigenvalue weighted by atomic mass is 9.99. The fourth-order valence-electron chi connectivity index (χ4n) is 5.51. The smallest absolute Gasteiger partial charge is 0.238 e. The second-order valence-corrected chi connectivity index (χ2v) is 9.92. The molecule has 5 heteroatoms. The highest BCUT2D eigenvalue weighted by Crippen LogP contribution is 2.38. The normalized spacial score (nSPS) is 15.8. The molecule has 3 heterocycles. The standard InChI is InChI=1S/C39H24N4O/c1-3-12-25(13-4-1)28-18-11-21-34-36(28)31-23-22-27(24-35(31)44-34)38-40-37(26-14-5-2-6-15-26)41-39(42-38)43-32-19-9-7-16-29(32)30-17-8-10-20-33(30)43/h1-24H/i2D,5D,6D,7D,8D,9D,10D,14D,15D,16D,17D,19D,20D. The van der Waals surface area contributed by atoms with Crippen LogP contribution in [0.5, 0.6) is 0 Å². The summed E-state index contributed by atoms with van der Waals surface area (Å²) < 4.78 is 119. The Morgan fingerprint density at radius 1 is 0.523 bits per heavy atom. The minimum atomic E-state index is -0.660. The summed E-state index contributed by atoms with van der Waals surface area (Å²) in [5, 5.41) is 1.19. The van der Waals surface area contributed by atoms with E-state index in [1.54, 1.807) is 12.1 Å². The molecule has 6 aromatic carbocycles. The third-order valence-corrected chi connectivity index (χ3v) is 7.42. The Kier molecular flexibility index (Phi) is 3.30. The van der Waals surface area contributed by atoms with Gasteiger partial charge in [-0.3, -0.25) is 4.57 Å². The van der Waals surface area contributed by atoms with Gasteiger partial charge in [0.1, 0.15) is 11.2 Å². The summed E-state index contributed by atoms with van der Waals surface area (Å²) in [5.74, 6) is -0.920. The van der Waals surface area contributed by atoms with Crippen LogP contribution in [0.4, 0.5) is 0 Å². The van der Waals surface area contributed by atoms with Gasteiger partial charge >= 0.3 is 0 Å². The predicted molar refractivity (Wildman–Crippen MR) is 178 cm³/mol. The fourth-order valence-corrected chi connectivity index (χ4v) is 5.51. The van der Waals surface area contributed by atoms with Crippen LogP contribution in [-0.2, 0) is 0 Å². The molecule has 44 heavy (non-hydrogen) atoms. The second-order valence-electron chi connectivity index (χ2n) is 9.92. The number of hydrogen-bond acceptors (Lipinski definition) is 4. The van der Waals surface area contributed by atoms with Crippen LogP contribution in [0.2, 0.25) is 0 Å². The van der Waals surface area contributed by atoms with E-state index in [-0.39, 0.29) is 27.6 Å². The molecular formula is C39H24N4O. The van der Waals surface area contributed by atoms with Gasteiger partial charge in [-0.05, 0) is 41.4 Å². The Bertz CT molecular complexity index is 3130. The average molecular weight is 578 g/mol. The molecule has 0 atom stereocenters. The van der Waals surface area contributed by atoms with Gasteiger partial charge < -0.3 is 4.42 Å². The lowest BCUT2D eigenvalue weighted by Gasteiger charge is -2.11. The molecule has 0 amide bonds. The Labute approximate surface area is 271 Å². The number of para-hydroxylation sites is 2. The van der Waals surface area contributed by atoms with Gasteiger partial charge in [-0.25, -0.2) is 4.98 Å². The predicted octanol–water partition coefficient (Wildman–Crippen LogP) is 9.87. The van der Waals surface area contributed by atoms with Gasteiger partial charge in [0.15, 0.2) is 11.6 Å². The Morgan fingerprint density at radius 3 is 1.95 bits per heavy atom. The van der Waals surface area contributed by atoms with Crippen LogP contribution in [0, 0.1) is 0 Å². The van der Waals surface area contributed by atoms with Crippen LogP contribution in [0.15, 0.2) is 150 Å². The van der Waals surface area contributed by atoms with Gasteiger partial charge in [0, 0.05) is 32.7 Å². The molecule has 0 bridgehead atoms. The highest BCUT2D eigenvalue weighted by molar-refractivity contribution is 6.13. The lowest BCUT2D eigenvalue weighted by Crippen LogP contribution is -2.06. The van der Waals surface area contributed by atoms with Crippen molar-refractivity contribution in [2.24, 2.45) is 0 Å². The summed E-state index contributed by atoms with van der Waals surface area (Å²) >= 11 is 0. The molecule has 0 N–H and O–H groups in total. The molecule has 3 aromatic heterocycles. The van der Waals surface area contributed by atoms with E-state index in [0.29, 0.717) is 16.7 Å². The van der Waals surface area contributed by atoms with Crippen molar-refractivity contribution in [3.63, 3.8) is 0 Å². The summed E-state index contributed by atoms with van der Waals surface area (Å²) in [6.45, 7) is 0. The van der Waals surface area contributed by atoms with E-state index in [4.69, 9.17) is 27.2 Å². The van der Waals surface area contributed by atoms with E-state index >= 15 is 0 Å². The largest absolute Gasteiger partial charge is 0.456 e. The van der Waals surface area contributed by atoms with Crippen LogP contribution >= 0.6 is 0 Å². The first kappa shape index (κ1) is 14.9. The van der Waals surface area contributed by atoms with Crippen LogP contribution < -0.4 is 0 Å². The van der Waals surface area contributed by atoms with Crippen LogP contribution in [0.1, 0.15) is 17.8 Å². The number of aromatic nitrogens is 4. The zero-order valence-corrected chi connectivity index (χ0v) is 22.5. The maximum Gasteiger partial charge on any atom is 0.238 e. The van der Waals surface area contributed by atoms with E-state index in [1.165, 1.54) is 0 Å². The number of rotatable bonds is 4. The van der Waals surface area contributed by atoms with Crippen molar-refractivity contribution in [3.05, 3.63) is 145 Å². The third kappa shape index (κ3) is 3.83. The molecule has 0 spiro atoms. The van der Waals surface area contributed by atoms with E-state index in [9.17, 15) is 0 Å². The van der Waals surface area contributed by atoms with Crippen molar-refractivity contribution in [2.75, 3.05) is 0 Å². The van der Waals surface area contributed by atoms with Gasteiger partial charge in [0.05, 0.1) is 28.9 Å². The zero-order chi connectivity index (χ0) is 40.3. The first-order valence-corrected chi connectivity index (χ1v) is 13.6. The van der Waals surface area contributed by atoms with Crippen molar-refractivity contribution < 1.29 is 22.2 Å². The first-order chi connectivity index (χ1) is 27.2. The van der Waals surface area contributed by atoms with Gasteiger partial charge in [0.2, 0.25) is 5.95 Å². The quantitative estimate of drug-likeness (QED) is 0.209. The Morgan fingerprint density at radius 2 is 1.20 bits per heavy atom. The molecule has 0 aliphatic rings. The monoisotopic (exact) mass is 577 g/mol. The molecule has 0 aliphatic heterocycles. The van der Waals surface area contributed by atoms with Crippen LogP contribution in [0.25, 0.3) is 83.6 Å². The number of benzene rings is 6. The highest BCUT2D eigenvalue weighted by Gasteiger charge is 2.19. The number of nitrogens with zero attached hydrogens (tertiary/aromatic N) is 4. The first-order valence-electron chi connectivity index (χ1n) is 20.1. The molecular weight excluding hydrogens is 540 g/mol. The van der Waals surface area contributed by atoms with Gasteiger partial charge in [0.25, 0.3) is 0 Å². The van der Waals surface area contributed by atoms with Gasteiger partial charge in [-0.2, -0.15) is 9.97 Å². The Hall–Kier alpha value is -6.07. The molecule has 0 fully saturated rings. The van der Waals surface area contributed by atoms with E-state index < -0.39 is 95.9 Å².